The first-order chi connectivity index (χ1) is 29.0. The molecule has 5 saturated carbocycles. The van der Waals surface area contributed by atoms with Gasteiger partial charge in [-0.3, -0.25) is 4.90 Å². The monoisotopic (exact) mass is 887 g/mol. The average molecular weight is 887 g/mol. The van der Waals surface area contributed by atoms with E-state index in [-0.39, 0.29) is 59.1 Å². The quantitative estimate of drug-likeness (QED) is 0.181. The first-order valence-electron chi connectivity index (χ1n) is 25.6. The van der Waals surface area contributed by atoms with E-state index in [2.05, 4.69) is 60.3 Å². The normalized spacial score (nSPS) is 43.7. The van der Waals surface area contributed by atoms with Crippen LogP contribution < -0.4 is 0 Å². The fourth-order valence-electron chi connectivity index (χ4n) is 16.7. The molecule has 3 heterocycles. The molecule has 1 amide bonds. The van der Waals surface area contributed by atoms with Crippen LogP contribution in [0.3, 0.4) is 0 Å². The molecule has 3 saturated heterocycles. The molecule has 3 aliphatic heterocycles. The van der Waals surface area contributed by atoms with Gasteiger partial charge in [0.05, 0.1) is 36.6 Å². The van der Waals surface area contributed by atoms with Gasteiger partial charge in [0.15, 0.2) is 14.6 Å². The van der Waals surface area contributed by atoms with Gasteiger partial charge in [0.25, 0.3) is 0 Å². The number of likely N-dealkylation sites (tertiary alicyclic amines) is 1. The Morgan fingerprint density at radius 3 is 2.19 bits per heavy atom. The van der Waals surface area contributed by atoms with E-state index in [1.54, 1.807) is 0 Å². The zero-order valence-electron chi connectivity index (χ0n) is 41.8. The molecule has 8 rings (SSSR count). The molecule has 0 aromatic heterocycles. The molecule has 10 nitrogen and oxygen atoms in total. The Labute approximate surface area is 378 Å². The molecule has 0 aromatic rings. The number of ether oxygens (including phenoxy) is 5. The maximum atomic E-state index is 12.6. The van der Waals surface area contributed by atoms with Gasteiger partial charge in [0, 0.05) is 50.7 Å². The van der Waals surface area contributed by atoms with Gasteiger partial charge < -0.3 is 38.1 Å². The van der Waals surface area contributed by atoms with E-state index in [1.807, 2.05) is 46.4 Å². The molecule has 0 bridgehead atoms. The first-order valence-corrected chi connectivity index (χ1v) is 28.2. The number of rotatable bonds is 13. The molecule has 8 fully saturated rings. The van der Waals surface area contributed by atoms with Crippen LogP contribution in [0.25, 0.3) is 0 Å². The van der Waals surface area contributed by atoms with Crippen molar-refractivity contribution in [1.29, 1.82) is 0 Å². The van der Waals surface area contributed by atoms with Crippen molar-refractivity contribution in [3.8, 4) is 0 Å². The summed E-state index contributed by atoms with van der Waals surface area (Å²) in [5.74, 6) is 2.56. The summed E-state index contributed by atoms with van der Waals surface area (Å²) in [6.07, 6.45) is 8.98. The largest absolute Gasteiger partial charge is 0.444 e. The Bertz CT molecular complexity index is 1610. The third-order valence-electron chi connectivity index (χ3n) is 20.0. The van der Waals surface area contributed by atoms with Crippen molar-refractivity contribution in [2.24, 2.45) is 56.7 Å². The smallest absolute Gasteiger partial charge is 0.410 e. The number of carbonyl (C=O) groups is 1. The second-order valence-electron chi connectivity index (χ2n) is 24.9. The van der Waals surface area contributed by atoms with E-state index >= 15 is 0 Å². The van der Waals surface area contributed by atoms with E-state index in [1.165, 1.54) is 38.5 Å². The summed E-state index contributed by atoms with van der Waals surface area (Å²) in [7, 11) is -2.04. The molecule has 1 N–H and O–H groups in total. The number of hydrogen-bond acceptors (Lipinski definition) is 9. The van der Waals surface area contributed by atoms with Crippen molar-refractivity contribution in [3.63, 3.8) is 0 Å². The van der Waals surface area contributed by atoms with Crippen LogP contribution in [-0.4, -0.2) is 123 Å². The van der Waals surface area contributed by atoms with E-state index < -0.39 is 19.5 Å². The van der Waals surface area contributed by atoms with E-state index in [9.17, 15) is 9.90 Å². The first kappa shape index (κ1) is 47.7. The minimum absolute atomic E-state index is 0.00648. The topological polar surface area (TPSA) is 99.2 Å². The molecule has 1 unspecified atom stereocenters. The highest BCUT2D eigenvalue weighted by Gasteiger charge is 2.85. The van der Waals surface area contributed by atoms with Crippen molar-refractivity contribution >= 4 is 14.4 Å². The maximum Gasteiger partial charge on any atom is 0.410 e. The third-order valence-corrected chi connectivity index (χ3v) is 24.6. The summed E-state index contributed by atoms with van der Waals surface area (Å²) < 4.78 is 41.0. The number of morpholine rings is 1. The summed E-state index contributed by atoms with van der Waals surface area (Å²) in [6, 6.07) is 3.41. The number of amides is 1. The summed E-state index contributed by atoms with van der Waals surface area (Å²) in [4.78, 5) is 16.9. The van der Waals surface area contributed by atoms with Gasteiger partial charge in [-0.05, 0) is 156 Å². The number of carbonyl (C=O) groups excluding carboxylic acids is 1. The van der Waals surface area contributed by atoms with Gasteiger partial charge in [-0.25, -0.2) is 4.79 Å². The van der Waals surface area contributed by atoms with Crippen LogP contribution in [-0.2, 0) is 28.1 Å². The van der Waals surface area contributed by atoms with Gasteiger partial charge >= 0.3 is 6.09 Å². The van der Waals surface area contributed by atoms with Gasteiger partial charge in [0.2, 0.25) is 0 Å². The fourth-order valence-corrected chi connectivity index (χ4v) is 19.7. The van der Waals surface area contributed by atoms with Crippen molar-refractivity contribution in [1.82, 2.24) is 9.80 Å². The van der Waals surface area contributed by atoms with Crippen LogP contribution in [0.2, 0.25) is 18.1 Å². The Balaban J connectivity index is 1.00. The number of hydrogen-bond donors (Lipinski definition) is 1. The van der Waals surface area contributed by atoms with E-state index in [0.717, 1.165) is 63.7 Å². The highest BCUT2D eigenvalue weighted by Crippen LogP contribution is 2.89. The summed E-state index contributed by atoms with van der Waals surface area (Å²) in [5.41, 5.74) is -0.617. The maximum absolute atomic E-state index is 12.6. The Morgan fingerprint density at radius 1 is 0.903 bits per heavy atom. The second kappa shape index (κ2) is 16.5. The molecule has 2 spiro atoms. The van der Waals surface area contributed by atoms with Crippen molar-refractivity contribution < 1.29 is 38.0 Å². The van der Waals surface area contributed by atoms with Gasteiger partial charge in [0.1, 0.15) is 11.7 Å². The van der Waals surface area contributed by atoms with Crippen LogP contribution in [0, 0.1) is 56.7 Å². The number of fused-ring (bicyclic) bond motifs is 4. The van der Waals surface area contributed by atoms with Gasteiger partial charge in [-0.2, -0.15) is 0 Å². The Hall–Kier alpha value is -0.793. The van der Waals surface area contributed by atoms with Crippen LogP contribution in [0.4, 0.5) is 4.79 Å². The minimum atomic E-state index is -2.04. The predicted octanol–water partition coefficient (Wildman–Crippen LogP) is 9.92. The van der Waals surface area contributed by atoms with E-state index in [4.69, 9.17) is 28.1 Å². The highest BCUT2D eigenvalue weighted by molar-refractivity contribution is 6.73. The predicted molar refractivity (Wildman–Crippen MR) is 246 cm³/mol. The molecular formula is C51H90N2O8Si. The molecule has 62 heavy (non-hydrogen) atoms. The molecule has 0 radical (unpaired) electrons. The lowest BCUT2D eigenvalue weighted by molar-refractivity contribution is -0.249. The van der Waals surface area contributed by atoms with Gasteiger partial charge in [-0.1, -0.05) is 55.4 Å². The minimum Gasteiger partial charge on any atom is -0.444 e. The van der Waals surface area contributed by atoms with E-state index in [0.29, 0.717) is 53.6 Å². The average Bonchev–Trinajstić information content (AvgIpc) is 3.80. The number of aliphatic hydroxyl groups is 1. The molecule has 8 aliphatic rings. The zero-order valence-corrected chi connectivity index (χ0v) is 42.8. The molecule has 356 valence electrons. The fraction of sp³-hybridized carbons (Fsp3) is 0.980. The van der Waals surface area contributed by atoms with Crippen LogP contribution >= 0.6 is 0 Å². The summed E-state index contributed by atoms with van der Waals surface area (Å²) in [6.45, 7) is 37.2. The summed E-state index contributed by atoms with van der Waals surface area (Å²) >= 11 is 0. The lowest BCUT2D eigenvalue weighted by Gasteiger charge is -2.64. The van der Waals surface area contributed by atoms with Crippen molar-refractivity contribution in [2.45, 2.75) is 214 Å². The standard InChI is InChI=1S/C51H90N2O8Si/c1-15-56-42(47(11,12)55)35-27-33(5)40-41(58-35)43(61-62(16-2,17-3)18-4)49(14)37-20-19-36-46(9,10)38(21-22-50(36)32-51(37,50)24-23-48(40,49)13)59-39-31-52(25-26-57-39)28-34-29-53(30-34)44(54)60-45(6,7)8/h33-43,55H,15-32H2,1-14H3/t33-,35-,36+,37+,38+,39+,40+,41+,42+,43+,48-,49-,50?,51+/m1/s1. The molecule has 0 aromatic carbocycles. The lowest BCUT2D eigenvalue weighted by Crippen LogP contribution is -2.61. The molecular weight excluding hydrogens is 797 g/mol. The van der Waals surface area contributed by atoms with Crippen molar-refractivity contribution in [2.75, 3.05) is 45.9 Å². The highest BCUT2D eigenvalue weighted by atomic mass is 28.4. The van der Waals surface area contributed by atoms with Crippen molar-refractivity contribution in [3.05, 3.63) is 0 Å². The summed E-state index contributed by atoms with van der Waals surface area (Å²) in [5, 5.41) is 11.5. The molecule has 14 atom stereocenters. The van der Waals surface area contributed by atoms with Crippen LogP contribution in [0.5, 0.6) is 0 Å². The lowest BCUT2D eigenvalue weighted by atomic mass is 9.41. The number of nitrogens with zero attached hydrogens (tertiary/aromatic N) is 2. The van der Waals surface area contributed by atoms with Gasteiger partial charge in [-0.15, -0.1) is 0 Å². The zero-order chi connectivity index (χ0) is 45.1. The van der Waals surface area contributed by atoms with Crippen LogP contribution in [0.15, 0.2) is 0 Å². The molecule has 5 aliphatic carbocycles. The Morgan fingerprint density at radius 2 is 1.56 bits per heavy atom. The third kappa shape index (κ3) is 7.53. The Kier molecular flexibility index (Phi) is 12.7. The SMILES string of the molecule is CCO[C@@H]([C@H]1C[C@@H](C)[C@H]2[C@H](O1)[C@H](O[Si](CC)(CC)CC)[C@@]1(C)[C@@H]3CC[C@H]4C(C)(C)[C@@H](O[C@H]5CN(CC6CN(C(=O)OC(C)(C)C)C6)CCO5)CCC45C[C@@]35CC[C@]21C)C(C)(C)O. The second-order valence-corrected chi connectivity index (χ2v) is 29.6. The molecule has 11 heteroatoms. The van der Waals surface area contributed by atoms with Crippen LogP contribution in [0.1, 0.15) is 148 Å².